The lowest BCUT2D eigenvalue weighted by Crippen LogP contribution is -2.19. The lowest BCUT2D eigenvalue weighted by Gasteiger charge is -2.20. The van der Waals surface area contributed by atoms with Crippen LogP contribution in [-0.2, 0) is 0 Å². The van der Waals surface area contributed by atoms with Crippen molar-refractivity contribution in [1.29, 1.82) is 0 Å². The first-order valence-corrected chi connectivity index (χ1v) is 6.55. The van der Waals surface area contributed by atoms with E-state index < -0.39 is 0 Å². The van der Waals surface area contributed by atoms with Crippen molar-refractivity contribution in [1.82, 2.24) is 0 Å². The summed E-state index contributed by atoms with van der Waals surface area (Å²) >= 11 is 1.81. The van der Waals surface area contributed by atoms with Gasteiger partial charge in [-0.05, 0) is 30.2 Å². The molecule has 1 unspecified atom stereocenters. The van der Waals surface area contributed by atoms with Crippen LogP contribution in [-0.4, -0.2) is 0 Å². The molecule has 78 valence electrons. The average Bonchev–Trinajstić information content (AvgIpc) is 2.59. The van der Waals surface area contributed by atoms with Gasteiger partial charge < -0.3 is 5.73 Å². The predicted octanol–water partition coefficient (Wildman–Crippen LogP) is 3.72. The Hall–Kier alpha value is -0.340. The summed E-state index contributed by atoms with van der Waals surface area (Å²) in [5.74, 6) is 0.733. The van der Waals surface area contributed by atoms with Gasteiger partial charge in [0, 0.05) is 10.9 Å². The highest BCUT2D eigenvalue weighted by molar-refractivity contribution is 7.10. The van der Waals surface area contributed by atoms with Crippen LogP contribution in [0.15, 0.2) is 17.5 Å². The van der Waals surface area contributed by atoms with Gasteiger partial charge >= 0.3 is 0 Å². The standard InChI is InChI=1S/C12H19NS/c13-12(11-8-5-9-14-11)10-6-3-1-2-4-7-10/h5,8-10,12H,1-4,6-7,13H2. The van der Waals surface area contributed by atoms with E-state index in [0.29, 0.717) is 6.04 Å². The molecule has 2 N–H and O–H groups in total. The highest BCUT2D eigenvalue weighted by atomic mass is 32.1. The Morgan fingerprint density at radius 2 is 1.93 bits per heavy atom. The molecule has 0 radical (unpaired) electrons. The Bertz CT molecular complexity index is 247. The van der Waals surface area contributed by atoms with Gasteiger partial charge in [0.1, 0.15) is 0 Å². The molecule has 1 fully saturated rings. The van der Waals surface area contributed by atoms with E-state index >= 15 is 0 Å². The molecule has 0 spiro atoms. The molecule has 2 rings (SSSR count). The van der Waals surface area contributed by atoms with Crippen molar-refractivity contribution in [3.05, 3.63) is 22.4 Å². The van der Waals surface area contributed by atoms with Crippen molar-refractivity contribution in [2.24, 2.45) is 11.7 Å². The van der Waals surface area contributed by atoms with E-state index in [1.54, 1.807) is 11.3 Å². The summed E-state index contributed by atoms with van der Waals surface area (Å²) in [5.41, 5.74) is 6.29. The van der Waals surface area contributed by atoms with Crippen LogP contribution in [0.2, 0.25) is 0 Å². The smallest absolute Gasteiger partial charge is 0.0418 e. The topological polar surface area (TPSA) is 26.0 Å². The van der Waals surface area contributed by atoms with E-state index in [0.717, 1.165) is 5.92 Å². The van der Waals surface area contributed by atoms with Crippen molar-refractivity contribution in [3.8, 4) is 0 Å². The first kappa shape index (κ1) is 10.2. The van der Waals surface area contributed by atoms with Gasteiger partial charge in [0.2, 0.25) is 0 Å². The van der Waals surface area contributed by atoms with E-state index in [1.807, 2.05) is 0 Å². The zero-order valence-corrected chi connectivity index (χ0v) is 9.43. The normalized spacial score (nSPS) is 21.8. The second kappa shape index (κ2) is 4.94. The van der Waals surface area contributed by atoms with Crippen LogP contribution >= 0.6 is 11.3 Å². The van der Waals surface area contributed by atoms with Gasteiger partial charge in [-0.25, -0.2) is 0 Å². The molecule has 0 bridgehead atoms. The molecule has 0 aliphatic heterocycles. The maximum Gasteiger partial charge on any atom is 0.0418 e. The van der Waals surface area contributed by atoms with E-state index in [1.165, 1.54) is 43.4 Å². The molecule has 14 heavy (non-hydrogen) atoms. The van der Waals surface area contributed by atoms with Gasteiger partial charge in [-0.3, -0.25) is 0 Å². The summed E-state index contributed by atoms with van der Waals surface area (Å²) in [6, 6.07) is 4.59. The number of hydrogen-bond donors (Lipinski definition) is 1. The summed E-state index contributed by atoms with van der Waals surface area (Å²) < 4.78 is 0. The third-order valence-electron chi connectivity index (χ3n) is 3.28. The predicted molar refractivity (Wildman–Crippen MR) is 62.4 cm³/mol. The Morgan fingerprint density at radius 3 is 2.50 bits per heavy atom. The van der Waals surface area contributed by atoms with E-state index in [9.17, 15) is 0 Å². The molecular formula is C12H19NS. The molecule has 1 aromatic heterocycles. The Labute approximate surface area is 90.3 Å². The summed E-state index contributed by atoms with van der Waals surface area (Å²) in [5, 5.41) is 2.13. The van der Waals surface area contributed by atoms with Crippen molar-refractivity contribution in [2.45, 2.75) is 44.6 Å². The van der Waals surface area contributed by atoms with Gasteiger partial charge in [0.25, 0.3) is 0 Å². The van der Waals surface area contributed by atoms with Crippen LogP contribution in [0.3, 0.4) is 0 Å². The molecule has 1 aromatic rings. The SMILES string of the molecule is NC(c1cccs1)C1CCCCCC1. The minimum Gasteiger partial charge on any atom is -0.323 e. The molecule has 1 aliphatic rings. The monoisotopic (exact) mass is 209 g/mol. The molecular weight excluding hydrogens is 190 g/mol. The van der Waals surface area contributed by atoms with Crippen LogP contribution < -0.4 is 5.73 Å². The fourth-order valence-electron chi connectivity index (χ4n) is 2.38. The molecule has 0 saturated heterocycles. The van der Waals surface area contributed by atoms with Gasteiger partial charge in [-0.15, -0.1) is 11.3 Å². The molecule has 1 atom stereocenters. The number of nitrogens with two attached hydrogens (primary N) is 1. The number of thiophene rings is 1. The van der Waals surface area contributed by atoms with Crippen molar-refractivity contribution >= 4 is 11.3 Å². The Balaban J connectivity index is 1.99. The zero-order valence-electron chi connectivity index (χ0n) is 8.61. The second-order valence-electron chi connectivity index (χ2n) is 4.29. The number of hydrogen-bond acceptors (Lipinski definition) is 2. The third-order valence-corrected chi connectivity index (χ3v) is 4.25. The Kier molecular flexibility index (Phi) is 3.60. The summed E-state index contributed by atoms with van der Waals surface area (Å²) in [7, 11) is 0. The lowest BCUT2D eigenvalue weighted by atomic mass is 9.91. The highest BCUT2D eigenvalue weighted by Crippen LogP contribution is 2.33. The summed E-state index contributed by atoms with van der Waals surface area (Å²) in [6.07, 6.45) is 8.24. The molecule has 1 aliphatic carbocycles. The number of rotatable bonds is 2. The minimum atomic E-state index is 0.299. The maximum absolute atomic E-state index is 6.29. The van der Waals surface area contributed by atoms with Crippen LogP contribution in [0.1, 0.15) is 49.4 Å². The fraction of sp³-hybridized carbons (Fsp3) is 0.667. The van der Waals surface area contributed by atoms with Crippen molar-refractivity contribution in [2.75, 3.05) is 0 Å². The molecule has 1 heterocycles. The average molecular weight is 209 g/mol. The largest absolute Gasteiger partial charge is 0.323 e. The molecule has 1 nitrogen and oxygen atoms in total. The molecule has 0 aromatic carbocycles. The molecule has 1 saturated carbocycles. The van der Waals surface area contributed by atoms with E-state index in [2.05, 4.69) is 17.5 Å². The summed E-state index contributed by atoms with van der Waals surface area (Å²) in [4.78, 5) is 1.37. The van der Waals surface area contributed by atoms with Crippen molar-refractivity contribution < 1.29 is 0 Å². The van der Waals surface area contributed by atoms with Gasteiger partial charge in [0.05, 0.1) is 0 Å². The van der Waals surface area contributed by atoms with Gasteiger partial charge in [0.15, 0.2) is 0 Å². The van der Waals surface area contributed by atoms with Crippen LogP contribution in [0.25, 0.3) is 0 Å². The summed E-state index contributed by atoms with van der Waals surface area (Å²) in [6.45, 7) is 0. The van der Waals surface area contributed by atoms with Gasteiger partial charge in [-0.1, -0.05) is 31.7 Å². The van der Waals surface area contributed by atoms with E-state index in [4.69, 9.17) is 5.73 Å². The zero-order chi connectivity index (χ0) is 9.80. The third kappa shape index (κ3) is 2.37. The van der Waals surface area contributed by atoms with Crippen molar-refractivity contribution in [3.63, 3.8) is 0 Å². The minimum absolute atomic E-state index is 0.299. The maximum atomic E-state index is 6.29. The van der Waals surface area contributed by atoms with E-state index in [-0.39, 0.29) is 0 Å². The van der Waals surface area contributed by atoms with Crippen LogP contribution in [0.4, 0.5) is 0 Å². The quantitative estimate of drug-likeness (QED) is 0.738. The first-order valence-electron chi connectivity index (χ1n) is 5.67. The van der Waals surface area contributed by atoms with Gasteiger partial charge in [-0.2, -0.15) is 0 Å². The first-order chi connectivity index (χ1) is 6.88. The van der Waals surface area contributed by atoms with Crippen LogP contribution in [0.5, 0.6) is 0 Å². The second-order valence-corrected chi connectivity index (χ2v) is 5.27. The molecule has 2 heteroatoms. The fourth-order valence-corrected chi connectivity index (χ4v) is 3.20. The Morgan fingerprint density at radius 1 is 1.21 bits per heavy atom. The lowest BCUT2D eigenvalue weighted by molar-refractivity contribution is 0.386. The molecule has 0 amide bonds. The highest BCUT2D eigenvalue weighted by Gasteiger charge is 2.21. The van der Waals surface area contributed by atoms with Crippen LogP contribution in [0, 0.1) is 5.92 Å².